The summed E-state index contributed by atoms with van der Waals surface area (Å²) in [7, 11) is 4.23. The minimum absolute atomic E-state index is 0.0110. The molecule has 3 heterocycles. The lowest BCUT2D eigenvalue weighted by atomic mass is 9.82. The predicted molar refractivity (Wildman–Crippen MR) is 157 cm³/mol. The Kier molecular flexibility index (Phi) is 5.96. The van der Waals surface area contributed by atoms with E-state index in [9.17, 15) is 4.79 Å². The molecular formula is C30H33N3OS2. The van der Waals surface area contributed by atoms with Crippen LogP contribution in [0.5, 0.6) is 0 Å². The van der Waals surface area contributed by atoms with Crippen LogP contribution in [0.3, 0.4) is 0 Å². The second-order valence-corrected chi connectivity index (χ2v) is 12.3. The first kappa shape index (κ1) is 24.8. The van der Waals surface area contributed by atoms with Gasteiger partial charge in [-0.3, -0.25) is 9.69 Å². The van der Waals surface area contributed by atoms with Gasteiger partial charge in [0.1, 0.15) is 4.32 Å². The highest BCUT2D eigenvalue weighted by Gasteiger charge is 2.41. The molecule has 0 N–H and O–H groups in total. The van der Waals surface area contributed by atoms with Gasteiger partial charge < -0.3 is 9.80 Å². The summed E-state index contributed by atoms with van der Waals surface area (Å²) in [6.07, 6.45) is 4.42. The molecule has 0 atom stereocenters. The van der Waals surface area contributed by atoms with E-state index in [2.05, 4.69) is 112 Å². The third-order valence-electron chi connectivity index (χ3n) is 7.89. The van der Waals surface area contributed by atoms with E-state index in [4.69, 9.17) is 12.2 Å². The number of para-hydroxylation sites is 2. The number of amides is 1. The number of benzene rings is 2. The molecule has 0 bridgehead atoms. The lowest BCUT2D eigenvalue weighted by molar-refractivity contribution is -0.122. The molecule has 0 saturated carbocycles. The summed E-state index contributed by atoms with van der Waals surface area (Å²) in [4.78, 5) is 20.4. The number of carbonyl (C=O) groups excluding carboxylic acids is 1. The zero-order valence-electron chi connectivity index (χ0n) is 22.0. The van der Waals surface area contributed by atoms with Crippen LogP contribution in [0.15, 0.2) is 82.6 Å². The fraction of sp³-hybridized carbons (Fsp3) is 0.333. The van der Waals surface area contributed by atoms with Crippen LogP contribution in [0.25, 0.3) is 0 Å². The Labute approximate surface area is 224 Å². The first-order chi connectivity index (χ1) is 17.0. The molecule has 186 valence electrons. The maximum atomic E-state index is 13.5. The van der Waals surface area contributed by atoms with Crippen molar-refractivity contribution in [3.63, 3.8) is 0 Å². The number of hydrogen-bond donors (Lipinski definition) is 0. The van der Waals surface area contributed by atoms with Crippen molar-refractivity contribution in [2.24, 2.45) is 0 Å². The molecule has 0 unspecified atom stereocenters. The average molecular weight is 516 g/mol. The van der Waals surface area contributed by atoms with Gasteiger partial charge in [0.2, 0.25) is 0 Å². The number of hydrogen-bond acceptors (Lipinski definition) is 5. The highest BCUT2D eigenvalue weighted by molar-refractivity contribution is 8.26. The largest absolute Gasteiger partial charge is 0.347 e. The van der Waals surface area contributed by atoms with Crippen molar-refractivity contribution in [1.82, 2.24) is 4.90 Å². The summed E-state index contributed by atoms with van der Waals surface area (Å²) in [6, 6.07) is 17.1. The van der Waals surface area contributed by atoms with Gasteiger partial charge >= 0.3 is 0 Å². The molecule has 2 aromatic rings. The van der Waals surface area contributed by atoms with Gasteiger partial charge in [0, 0.05) is 54.2 Å². The van der Waals surface area contributed by atoms with Gasteiger partial charge in [0.15, 0.2) is 0 Å². The van der Waals surface area contributed by atoms with E-state index < -0.39 is 0 Å². The molecular weight excluding hydrogens is 482 g/mol. The molecule has 0 aliphatic carbocycles. The molecule has 6 heteroatoms. The summed E-state index contributed by atoms with van der Waals surface area (Å²) < 4.78 is 0.622. The van der Waals surface area contributed by atoms with Crippen LogP contribution in [0.4, 0.5) is 11.4 Å². The first-order valence-corrected chi connectivity index (χ1v) is 13.6. The van der Waals surface area contributed by atoms with Crippen LogP contribution < -0.4 is 9.80 Å². The highest BCUT2D eigenvalue weighted by Crippen LogP contribution is 2.50. The Hall–Kier alpha value is -2.83. The van der Waals surface area contributed by atoms with E-state index in [1.807, 2.05) is 6.92 Å². The van der Waals surface area contributed by atoms with Crippen molar-refractivity contribution in [2.45, 2.75) is 45.4 Å². The second-order valence-electron chi connectivity index (χ2n) is 10.7. The van der Waals surface area contributed by atoms with E-state index in [0.717, 1.165) is 17.0 Å². The standard InChI is InChI=1S/C30H33N3OS2/c1-8-33-27(34)26(36-28(33)35)19(17-24-29(2,3)20-13-9-11-15-22(20)31(24)6)18-25-30(4,5)21-14-10-12-16-23(21)32(25)7/h9-18H,8H2,1-7H3/b24-17+,25-18+. The van der Waals surface area contributed by atoms with E-state index in [-0.39, 0.29) is 16.7 Å². The quantitative estimate of drug-likeness (QED) is 0.333. The maximum absolute atomic E-state index is 13.5. The van der Waals surface area contributed by atoms with Crippen molar-refractivity contribution in [3.8, 4) is 0 Å². The number of thioether (sulfide) groups is 1. The minimum atomic E-state index is -0.201. The molecule has 1 amide bonds. The molecule has 0 radical (unpaired) electrons. The molecule has 4 nitrogen and oxygen atoms in total. The van der Waals surface area contributed by atoms with E-state index in [1.54, 1.807) is 4.90 Å². The normalized spacial score (nSPS) is 22.2. The van der Waals surface area contributed by atoms with Gasteiger partial charge in [0.05, 0.1) is 4.91 Å². The number of thiocarbonyl (C=S) groups is 1. The maximum Gasteiger partial charge on any atom is 0.266 e. The Morgan fingerprint density at radius 2 is 1.31 bits per heavy atom. The van der Waals surface area contributed by atoms with Crippen molar-refractivity contribution < 1.29 is 4.79 Å². The summed E-state index contributed by atoms with van der Waals surface area (Å²) in [6.45, 7) is 11.6. The monoisotopic (exact) mass is 515 g/mol. The molecule has 1 saturated heterocycles. The third kappa shape index (κ3) is 3.57. The minimum Gasteiger partial charge on any atom is -0.347 e. The zero-order chi connectivity index (χ0) is 26.0. The number of rotatable bonds is 3. The summed E-state index contributed by atoms with van der Waals surface area (Å²) >= 11 is 7.01. The highest BCUT2D eigenvalue weighted by atomic mass is 32.2. The van der Waals surface area contributed by atoms with Crippen molar-refractivity contribution in [3.05, 3.63) is 93.7 Å². The number of anilines is 2. The van der Waals surface area contributed by atoms with Gasteiger partial charge in [-0.15, -0.1) is 0 Å². The van der Waals surface area contributed by atoms with Gasteiger partial charge in [-0.2, -0.15) is 0 Å². The molecule has 3 aliphatic heterocycles. The number of fused-ring (bicyclic) bond motifs is 2. The number of allylic oxidation sites excluding steroid dienone is 5. The molecule has 5 rings (SSSR count). The first-order valence-electron chi connectivity index (χ1n) is 12.4. The third-order valence-corrected chi connectivity index (χ3v) is 9.37. The smallest absolute Gasteiger partial charge is 0.266 e. The summed E-state index contributed by atoms with van der Waals surface area (Å²) in [5.74, 6) is -0.0110. The Bertz CT molecular complexity index is 1300. The van der Waals surface area contributed by atoms with Gasteiger partial charge in [0.25, 0.3) is 5.91 Å². The van der Waals surface area contributed by atoms with Crippen LogP contribution in [-0.4, -0.2) is 35.8 Å². The molecule has 3 aliphatic rings. The van der Waals surface area contributed by atoms with Crippen molar-refractivity contribution >= 4 is 45.6 Å². The Morgan fingerprint density at radius 1 is 0.861 bits per heavy atom. The molecule has 36 heavy (non-hydrogen) atoms. The lowest BCUT2D eigenvalue weighted by Gasteiger charge is -2.27. The van der Waals surface area contributed by atoms with Gasteiger partial charge in [-0.1, -0.05) is 88.1 Å². The van der Waals surface area contributed by atoms with Crippen molar-refractivity contribution in [1.29, 1.82) is 0 Å². The summed E-state index contributed by atoms with van der Waals surface area (Å²) in [5, 5.41) is 0. The number of carbonyl (C=O) groups is 1. The second kappa shape index (κ2) is 8.63. The average Bonchev–Trinajstić information content (AvgIpc) is 3.32. The topological polar surface area (TPSA) is 26.8 Å². The van der Waals surface area contributed by atoms with Gasteiger partial charge in [-0.25, -0.2) is 0 Å². The Morgan fingerprint density at radius 3 is 1.69 bits per heavy atom. The Balaban J connectivity index is 1.73. The van der Waals surface area contributed by atoms with Crippen LogP contribution in [-0.2, 0) is 15.6 Å². The van der Waals surface area contributed by atoms with Crippen LogP contribution in [0.2, 0.25) is 0 Å². The van der Waals surface area contributed by atoms with Crippen LogP contribution in [0.1, 0.15) is 45.7 Å². The SMILES string of the molecule is CCN1C(=O)C(=C(/C=C2/N(C)c3ccccc3C2(C)C)/C=C2/N(C)c3ccccc3C2(C)C)SC1=S. The molecule has 0 aromatic heterocycles. The molecule has 2 aromatic carbocycles. The number of nitrogens with zero attached hydrogens (tertiary/aromatic N) is 3. The fourth-order valence-electron chi connectivity index (χ4n) is 5.83. The van der Waals surface area contributed by atoms with Crippen LogP contribution in [0, 0.1) is 0 Å². The fourth-order valence-corrected chi connectivity index (χ4v) is 7.22. The number of likely N-dealkylation sites (N-methyl/N-ethyl adjacent to an activating group) is 3. The van der Waals surface area contributed by atoms with E-state index in [0.29, 0.717) is 15.8 Å². The predicted octanol–water partition coefficient (Wildman–Crippen LogP) is 6.74. The van der Waals surface area contributed by atoms with E-state index >= 15 is 0 Å². The summed E-state index contributed by atoms with van der Waals surface area (Å²) in [5.41, 5.74) is 7.81. The van der Waals surface area contributed by atoms with Gasteiger partial charge in [-0.05, 0) is 47.9 Å². The van der Waals surface area contributed by atoms with Crippen LogP contribution >= 0.6 is 24.0 Å². The lowest BCUT2D eigenvalue weighted by Crippen LogP contribution is -2.28. The van der Waals surface area contributed by atoms with E-state index in [1.165, 1.54) is 34.3 Å². The zero-order valence-corrected chi connectivity index (χ0v) is 23.7. The molecule has 1 fully saturated rings. The molecule has 0 spiro atoms. The van der Waals surface area contributed by atoms with Crippen molar-refractivity contribution in [2.75, 3.05) is 30.4 Å².